The largest absolute Gasteiger partial charge is 0.265 e. The molecule has 1 heterocycles. The van der Waals surface area contributed by atoms with Crippen LogP contribution in [0, 0.1) is 0 Å². The fourth-order valence-corrected chi connectivity index (χ4v) is 2.03. The van der Waals surface area contributed by atoms with E-state index in [1.54, 1.807) is 0 Å². The van der Waals surface area contributed by atoms with Crippen LogP contribution in [0.2, 0.25) is 0 Å². The molecule has 0 fully saturated rings. The summed E-state index contributed by atoms with van der Waals surface area (Å²) in [5, 5.41) is 5.48. The van der Waals surface area contributed by atoms with E-state index in [0.29, 0.717) is 5.88 Å². The highest BCUT2D eigenvalue weighted by atomic mass is 79.9. The number of nitrogens with zero attached hydrogens (tertiary/aromatic N) is 2. The zero-order valence-corrected chi connectivity index (χ0v) is 9.92. The molecule has 1 aromatic heterocycles. The van der Waals surface area contributed by atoms with Gasteiger partial charge >= 0.3 is 0 Å². The van der Waals surface area contributed by atoms with Crippen molar-refractivity contribution in [3.05, 3.63) is 28.9 Å². The summed E-state index contributed by atoms with van der Waals surface area (Å²) < 4.78 is 3.08. The summed E-state index contributed by atoms with van der Waals surface area (Å²) in [6.07, 6.45) is 2.83. The Hall–Kier alpha value is -0.540. The SMILES string of the molecule is ClCCCn1ncc2c(Br)cccc21. The van der Waals surface area contributed by atoms with E-state index in [0.717, 1.165) is 28.3 Å². The minimum Gasteiger partial charge on any atom is -0.265 e. The number of fused-ring (bicyclic) bond motifs is 1. The van der Waals surface area contributed by atoms with Crippen molar-refractivity contribution in [2.45, 2.75) is 13.0 Å². The summed E-state index contributed by atoms with van der Waals surface area (Å²) >= 11 is 9.15. The lowest BCUT2D eigenvalue weighted by Gasteiger charge is -2.01. The van der Waals surface area contributed by atoms with Crippen molar-refractivity contribution in [1.82, 2.24) is 9.78 Å². The topological polar surface area (TPSA) is 17.8 Å². The molecule has 2 rings (SSSR count). The summed E-state index contributed by atoms with van der Waals surface area (Å²) in [5.41, 5.74) is 1.16. The van der Waals surface area contributed by atoms with Crippen molar-refractivity contribution < 1.29 is 0 Å². The Balaban J connectivity index is 2.42. The molecule has 0 N–H and O–H groups in total. The van der Waals surface area contributed by atoms with Crippen LogP contribution in [-0.4, -0.2) is 15.7 Å². The Kier molecular flexibility index (Phi) is 3.08. The van der Waals surface area contributed by atoms with Crippen LogP contribution in [0.5, 0.6) is 0 Å². The average Bonchev–Trinajstić information content (AvgIpc) is 2.60. The minimum atomic E-state index is 0.676. The van der Waals surface area contributed by atoms with E-state index in [9.17, 15) is 0 Å². The molecule has 0 aliphatic rings. The number of aromatic nitrogens is 2. The van der Waals surface area contributed by atoms with Crippen LogP contribution in [0.25, 0.3) is 10.9 Å². The predicted molar refractivity (Wildman–Crippen MR) is 62.8 cm³/mol. The molecule has 0 aliphatic carbocycles. The van der Waals surface area contributed by atoms with Crippen molar-refractivity contribution in [1.29, 1.82) is 0 Å². The van der Waals surface area contributed by atoms with E-state index in [1.165, 1.54) is 0 Å². The first-order valence-electron chi connectivity index (χ1n) is 4.49. The first-order chi connectivity index (χ1) is 6.83. The van der Waals surface area contributed by atoms with Crippen LogP contribution in [-0.2, 0) is 6.54 Å². The molecule has 0 atom stereocenters. The lowest BCUT2D eigenvalue weighted by molar-refractivity contribution is 0.625. The summed E-state index contributed by atoms with van der Waals surface area (Å²) in [6.45, 7) is 0.878. The maximum Gasteiger partial charge on any atom is 0.0693 e. The van der Waals surface area contributed by atoms with Gasteiger partial charge in [0.2, 0.25) is 0 Å². The van der Waals surface area contributed by atoms with E-state index in [1.807, 2.05) is 23.0 Å². The first kappa shape index (κ1) is 9.99. The molecule has 74 valence electrons. The van der Waals surface area contributed by atoms with E-state index in [4.69, 9.17) is 11.6 Å². The van der Waals surface area contributed by atoms with Crippen LogP contribution in [0.3, 0.4) is 0 Å². The van der Waals surface area contributed by atoms with Gasteiger partial charge in [-0.15, -0.1) is 11.6 Å². The van der Waals surface area contributed by atoms with Gasteiger partial charge in [0.1, 0.15) is 0 Å². The van der Waals surface area contributed by atoms with Gasteiger partial charge in [-0.2, -0.15) is 5.10 Å². The van der Waals surface area contributed by atoms with Gasteiger partial charge in [-0.1, -0.05) is 22.0 Å². The maximum atomic E-state index is 5.65. The zero-order chi connectivity index (χ0) is 9.97. The van der Waals surface area contributed by atoms with Crippen LogP contribution >= 0.6 is 27.5 Å². The third-order valence-electron chi connectivity index (χ3n) is 2.14. The molecule has 0 saturated heterocycles. The molecule has 0 aliphatic heterocycles. The van der Waals surface area contributed by atoms with Gasteiger partial charge in [-0.25, -0.2) is 0 Å². The standard InChI is InChI=1S/C10H10BrClN2/c11-9-3-1-4-10-8(9)7-13-14(10)6-2-5-12/h1,3-4,7H,2,5-6H2. The molecule has 0 amide bonds. The second-order valence-electron chi connectivity index (χ2n) is 3.08. The number of aryl methyl sites for hydroxylation is 1. The van der Waals surface area contributed by atoms with Crippen molar-refractivity contribution >= 4 is 38.4 Å². The van der Waals surface area contributed by atoms with Crippen molar-refractivity contribution in [3.8, 4) is 0 Å². The summed E-state index contributed by atoms with van der Waals surface area (Å²) in [5.74, 6) is 0.676. The molecule has 0 saturated carbocycles. The fourth-order valence-electron chi connectivity index (χ4n) is 1.46. The Labute approximate surface area is 96.0 Å². The average molecular weight is 274 g/mol. The molecule has 4 heteroatoms. The smallest absolute Gasteiger partial charge is 0.0693 e. The molecule has 1 aromatic carbocycles. The van der Waals surface area contributed by atoms with Gasteiger partial charge in [-0.3, -0.25) is 4.68 Å². The van der Waals surface area contributed by atoms with Gasteiger partial charge in [-0.05, 0) is 18.6 Å². The highest BCUT2D eigenvalue weighted by molar-refractivity contribution is 9.10. The second kappa shape index (κ2) is 4.32. The fraction of sp³-hybridized carbons (Fsp3) is 0.300. The molecule has 0 unspecified atom stereocenters. The summed E-state index contributed by atoms with van der Waals surface area (Å²) in [4.78, 5) is 0. The lowest BCUT2D eigenvalue weighted by atomic mass is 10.2. The number of halogens is 2. The molecule has 0 spiro atoms. The van der Waals surface area contributed by atoms with Gasteiger partial charge in [0, 0.05) is 22.3 Å². The van der Waals surface area contributed by atoms with Crippen molar-refractivity contribution in [2.24, 2.45) is 0 Å². The number of rotatable bonds is 3. The Morgan fingerprint density at radius 1 is 1.43 bits per heavy atom. The number of hydrogen-bond donors (Lipinski definition) is 0. The Bertz CT molecular complexity index is 439. The first-order valence-corrected chi connectivity index (χ1v) is 5.81. The van der Waals surface area contributed by atoms with Crippen molar-refractivity contribution in [3.63, 3.8) is 0 Å². The number of benzene rings is 1. The highest BCUT2D eigenvalue weighted by Crippen LogP contribution is 2.23. The summed E-state index contributed by atoms with van der Waals surface area (Å²) in [6, 6.07) is 6.11. The molecular weight excluding hydrogens is 263 g/mol. The Morgan fingerprint density at radius 2 is 2.29 bits per heavy atom. The van der Waals surface area contributed by atoms with E-state index in [2.05, 4.69) is 27.1 Å². The van der Waals surface area contributed by atoms with Crippen LogP contribution in [0.4, 0.5) is 0 Å². The third-order valence-corrected chi connectivity index (χ3v) is 3.10. The monoisotopic (exact) mass is 272 g/mol. The van der Waals surface area contributed by atoms with Crippen LogP contribution in [0.15, 0.2) is 28.9 Å². The number of hydrogen-bond acceptors (Lipinski definition) is 1. The Morgan fingerprint density at radius 3 is 3.07 bits per heavy atom. The third kappa shape index (κ3) is 1.79. The quantitative estimate of drug-likeness (QED) is 0.784. The van der Waals surface area contributed by atoms with Crippen LogP contribution in [0.1, 0.15) is 6.42 Å². The van der Waals surface area contributed by atoms with Gasteiger partial charge in [0.15, 0.2) is 0 Å². The number of alkyl halides is 1. The minimum absolute atomic E-state index is 0.676. The molecule has 2 aromatic rings. The second-order valence-corrected chi connectivity index (χ2v) is 4.32. The van der Waals surface area contributed by atoms with Gasteiger partial charge in [0.25, 0.3) is 0 Å². The molecule has 0 radical (unpaired) electrons. The lowest BCUT2D eigenvalue weighted by Crippen LogP contribution is -1.99. The van der Waals surface area contributed by atoms with Crippen LogP contribution < -0.4 is 0 Å². The van der Waals surface area contributed by atoms with Crippen molar-refractivity contribution in [2.75, 3.05) is 5.88 Å². The predicted octanol–water partition coefficient (Wildman–Crippen LogP) is 3.43. The normalized spacial score (nSPS) is 11.0. The molecule has 14 heavy (non-hydrogen) atoms. The summed E-state index contributed by atoms with van der Waals surface area (Å²) in [7, 11) is 0. The maximum absolute atomic E-state index is 5.65. The molecule has 2 nitrogen and oxygen atoms in total. The van der Waals surface area contributed by atoms with Gasteiger partial charge < -0.3 is 0 Å². The van der Waals surface area contributed by atoms with E-state index < -0.39 is 0 Å². The van der Waals surface area contributed by atoms with E-state index >= 15 is 0 Å². The highest BCUT2D eigenvalue weighted by Gasteiger charge is 2.03. The molecule has 0 bridgehead atoms. The van der Waals surface area contributed by atoms with E-state index in [-0.39, 0.29) is 0 Å². The molecular formula is C10H10BrClN2. The zero-order valence-electron chi connectivity index (χ0n) is 7.58. The van der Waals surface area contributed by atoms with Gasteiger partial charge in [0.05, 0.1) is 11.7 Å².